The Kier molecular flexibility index (Phi) is 19.3. The van der Waals surface area contributed by atoms with Gasteiger partial charge in [-0.2, -0.15) is 9.97 Å². The van der Waals surface area contributed by atoms with Gasteiger partial charge in [0.2, 0.25) is 13.4 Å². The molecular weight excluding hydrogens is 806 g/mol. The molecule has 0 unspecified atom stereocenters. The number of nitrogens with one attached hydrogen (secondary N) is 3. The molecule has 0 bridgehead atoms. The number of nitrogen functional groups attached to an aromatic ring is 1. The summed E-state index contributed by atoms with van der Waals surface area (Å²) >= 11 is 0. The van der Waals surface area contributed by atoms with Crippen LogP contribution < -0.4 is 27.0 Å². The zero-order chi connectivity index (χ0) is 44.2. The van der Waals surface area contributed by atoms with E-state index in [0.29, 0.717) is 42.4 Å². The Labute approximate surface area is 365 Å². The van der Waals surface area contributed by atoms with Crippen LogP contribution in [0.5, 0.6) is 0 Å². The van der Waals surface area contributed by atoms with Crippen molar-refractivity contribution in [2.75, 3.05) is 37.2 Å². The molecule has 62 heavy (non-hydrogen) atoms. The van der Waals surface area contributed by atoms with Gasteiger partial charge in [0.1, 0.15) is 18.4 Å². The van der Waals surface area contributed by atoms with Gasteiger partial charge in [-0.05, 0) is 68.6 Å². The molecule has 0 aliphatic heterocycles. The molecule has 334 valence electrons. The van der Waals surface area contributed by atoms with Gasteiger partial charge in [0, 0.05) is 18.6 Å². The van der Waals surface area contributed by atoms with E-state index in [-0.39, 0.29) is 51.0 Å². The van der Waals surface area contributed by atoms with Crippen LogP contribution in [0.2, 0.25) is 0 Å². The number of rotatable bonds is 25. The van der Waals surface area contributed by atoms with E-state index in [4.69, 9.17) is 25.7 Å². The molecule has 0 radical (unpaired) electrons. The lowest BCUT2D eigenvalue weighted by Crippen LogP contribution is -2.46. The lowest BCUT2D eigenvalue weighted by Gasteiger charge is -2.29. The van der Waals surface area contributed by atoms with Gasteiger partial charge >= 0.3 is 11.9 Å². The van der Waals surface area contributed by atoms with Crippen LogP contribution in [0.1, 0.15) is 76.0 Å². The summed E-state index contributed by atoms with van der Waals surface area (Å²) in [6, 6.07) is 27.8. The second kappa shape index (κ2) is 25.1. The molecule has 1 saturated carbocycles. The summed E-state index contributed by atoms with van der Waals surface area (Å²) in [6.07, 6.45) is 7.91. The molecule has 0 amide bonds. The minimum Gasteiger partial charge on any atom is -0.465 e. The number of aromatic nitrogens is 4. The second-order valence-corrected chi connectivity index (χ2v) is 17.9. The number of benzene rings is 3. The largest absolute Gasteiger partial charge is 0.465 e. The van der Waals surface area contributed by atoms with Gasteiger partial charge in [-0.25, -0.2) is 15.2 Å². The Hall–Kier alpha value is -5.18. The highest BCUT2D eigenvalue weighted by Gasteiger charge is 2.36. The van der Waals surface area contributed by atoms with E-state index in [0.717, 1.165) is 43.2 Å². The van der Waals surface area contributed by atoms with E-state index in [9.17, 15) is 9.59 Å². The average Bonchev–Trinajstić information content (AvgIpc) is 3.99. The number of hydrogen-bond acceptors (Lipinski definition) is 12. The van der Waals surface area contributed by atoms with Crippen LogP contribution in [0.4, 0.5) is 11.8 Å². The third-order valence-corrected chi connectivity index (χ3v) is 11.9. The standard InChI is InChI=1S/C37H51N8O6P.C9H13N/c1-3-5-20-50-35(46)30(23-27-13-9-7-10-14-27)43-52(48,44-31(36(47)51-21-6-4-2)24-28-15-11-8-12-16-28)26-49-22-19-45-25-39-32-33(40-29-17-18-29)41-37(38)42-34(32)45;1-8(10)7-9-5-3-2-4-6-9/h7-16,25,29-31H,3-6,17-24,26H2,1-2H3,(H2,43,44,48)(H3,38,40,41,42);2-6,8H,7,10H2,1H3/t30-,31-;8-/m01/s1. The highest BCUT2D eigenvalue weighted by Crippen LogP contribution is 2.39. The van der Waals surface area contributed by atoms with Crippen molar-refractivity contribution in [3.63, 3.8) is 0 Å². The summed E-state index contributed by atoms with van der Waals surface area (Å²) in [5.41, 5.74) is 15.8. The van der Waals surface area contributed by atoms with Crippen molar-refractivity contribution in [2.45, 2.75) is 109 Å². The van der Waals surface area contributed by atoms with Crippen LogP contribution in [-0.2, 0) is 54.2 Å². The SMILES string of the molecule is CCCCOC(=O)[C@H](Cc1ccccc1)NP(=O)(COCCn1cnc2c(NC3CC3)nc(N)nc21)N[C@@H](Cc1ccccc1)C(=O)OCCCC.C[C@@H](N)Cc1ccccc1. The fourth-order valence-corrected chi connectivity index (χ4v) is 8.51. The fraction of sp³-hybridized carbons (Fsp3) is 0.457. The summed E-state index contributed by atoms with van der Waals surface area (Å²) < 4.78 is 34.1. The molecule has 16 heteroatoms. The first-order valence-electron chi connectivity index (χ1n) is 21.7. The van der Waals surface area contributed by atoms with E-state index in [1.54, 1.807) is 10.9 Å². The smallest absolute Gasteiger partial charge is 0.323 e. The number of hydrogen-bond donors (Lipinski definition) is 5. The Morgan fingerprint density at radius 1 is 0.774 bits per heavy atom. The lowest BCUT2D eigenvalue weighted by molar-refractivity contribution is -0.146. The molecular formula is C46H64N9O6P. The topological polar surface area (TPSA) is 211 Å². The number of unbranched alkanes of at least 4 members (excludes halogenated alkanes) is 2. The number of nitrogens with two attached hydrogens (primary N) is 2. The van der Waals surface area contributed by atoms with Crippen molar-refractivity contribution >= 4 is 42.3 Å². The van der Waals surface area contributed by atoms with Gasteiger partial charge in [0.25, 0.3) is 0 Å². The summed E-state index contributed by atoms with van der Waals surface area (Å²) in [5, 5.41) is 9.51. The maximum Gasteiger partial charge on any atom is 0.323 e. The van der Waals surface area contributed by atoms with Crippen molar-refractivity contribution in [2.24, 2.45) is 5.73 Å². The lowest BCUT2D eigenvalue weighted by atomic mass is 10.1. The Bertz CT molecular complexity index is 2070. The summed E-state index contributed by atoms with van der Waals surface area (Å²) in [5.74, 6) is -0.362. The number of fused-ring (bicyclic) bond motifs is 1. The van der Waals surface area contributed by atoms with E-state index >= 15 is 4.57 Å². The van der Waals surface area contributed by atoms with E-state index in [1.807, 2.05) is 99.6 Å². The van der Waals surface area contributed by atoms with Gasteiger partial charge in [0.05, 0.1) is 26.1 Å². The first-order valence-corrected chi connectivity index (χ1v) is 23.6. The molecule has 3 aromatic carbocycles. The van der Waals surface area contributed by atoms with Crippen LogP contribution in [0.3, 0.4) is 0 Å². The summed E-state index contributed by atoms with van der Waals surface area (Å²) in [7, 11) is -3.88. The van der Waals surface area contributed by atoms with Crippen molar-refractivity contribution in [3.8, 4) is 0 Å². The molecule has 5 aromatic rings. The van der Waals surface area contributed by atoms with Gasteiger partial charge in [-0.1, -0.05) is 118 Å². The van der Waals surface area contributed by atoms with Crippen LogP contribution >= 0.6 is 7.44 Å². The van der Waals surface area contributed by atoms with Gasteiger partial charge in [-0.15, -0.1) is 0 Å². The number of anilines is 2. The summed E-state index contributed by atoms with van der Waals surface area (Å²) in [4.78, 5) is 40.3. The Morgan fingerprint density at radius 3 is 1.74 bits per heavy atom. The number of ether oxygens (including phenoxy) is 3. The molecule has 0 spiro atoms. The minimum atomic E-state index is -3.88. The van der Waals surface area contributed by atoms with E-state index < -0.39 is 31.5 Å². The molecule has 6 rings (SSSR count). The van der Waals surface area contributed by atoms with E-state index in [1.165, 1.54) is 5.56 Å². The quantitative estimate of drug-likeness (QED) is 0.0232. The number of nitrogens with zero attached hydrogens (tertiary/aromatic N) is 4. The third kappa shape index (κ3) is 16.3. The Balaban J connectivity index is 0.000000637. The highest BCUT2D eigenvalue weighted by molar-refractivity contribution is 7.59. The molecule has 1 aliphatic carbocycles. The average molecular weight is 870 g/mol. The Morgan fingerprint density at radius 2 is 1.27 bits per heavy atom. The van der Waals surface area contributed by atoms with Crippen molar-refractivity contribution in [1.29, 1.82) is 0 Å². The highest BCUT2D eigenvalue weighted by atomic mass is 31.2. The molecule has 2 heterocycles. The first kappa shape index (κ1) is 47.9. The number of esters is 2. The molecule has 1 fully saturated rings. The molecule has 7 N–H and O–H groups in total. The van der Waals surface area contributed by atoms with Crippen molar-refractivity contribution in [1.82, 2.24) is 29.7 Å². The monoisotopic (exact) mass is 869 g/mol. The maximum absolute atomic E-state index is 15.0. The number of carbonyl (C=O) groups is 2. The summed E-state index contributed by atoms with van der Waals surface area (Å²) in [6.45, 7) is 6.94. The first-order chi connectivity index (χ1) is 30.1. The minimum absolute atomic E-state index is 0.114. The molecule has 15 nitrogen and oxygen atoms in total. The van der Waals surface area contributed by atoms with Crippen LogP contribution in [-0.4, -0.2) is 81.8 Å². The number of imidazole rings is 1. The number of carbonyl (C=O) groups excluding carboxylic acids is 2. The molecule has 1 aliphatic rings. The van der Waals surface area contributed by atoms with Gasteiger partial charge in [0.15, 0.2) is 17.0 Å². The van der Waals surface area contributed by atoms with Gasteiger partial charge < -0.3 is 35.6 Å². The predicted molar refractivity (Wildman–Crippen MR) is 244 cm³/mol. The van der Waals surface area contributed by atoms with Gasteiger partial charge in [-0.3, -0.25) is 14.2 Å². The van der Waals surface area contributed by atoms with Crippen molar-refractivity contribution < 1.29 is 28.4 Å². The second-order valence-electron chi connectivity index (χ2n) is 15.7. The normalized spacial score (nSPS) is 14.0. The van der Waals surface area contributed by atoms with Crippen LogP contribution in [0, 0.1) is 0 Å². The molecule has 3 atom stereocenters. The molecule has 0 saturated heterocycles. The predicted octanol–water partition coefficient (Wildman–Crippen LogP) is 6.81. The van der Waals surface area contributed by atoms with Crippen molar-refractivity contribution in [3.05, 3.63) is 114 Å². The van der Waals surface area contributed by atoms with Crippen LogP contribution in [0.25, 0.3) is 11.2 Å². The maximum atomic E-state index is 15.0. The zero-order valence-electron chi connectivity index (χ0n) is 36.3. The van der Waals surface area contributed by atoms with Crippen LogP contribution in [0.15, 0.2) is 97.3 Å². The molecule has 2 aromatic heterocycles. The van der Waals surface area contributed by atoms with E-state index in [2.05, 4.69) is 42.6 Å². The fourth-order valence-electron chi connectivity index (χ4n) is 6.50. The third-order valence-electron chi connectivity index (χ3n) is 9.90. The zero-order valence-corrected chi connectivity index (χ0v) is 37.2.